The Bertz CT molecular complexity index is 835. The fourth-order valence-corrected chi connectivity index (χ4v) is 4.03. The molecule has 0 aromatic heterocycles. The molecule has 0 aliphatic carbocycles. The summed E-state index contributed by atoms with van der Waals surface area (Å²) in [6.07, 6.45) is 2.14. The van der Waals surface area contributed by atoms with Crippen molar-refractivity contribution >= 4 is 29.1 Å². The summed E-state index contributed by atoms with van der Waals surface area (Å²) in [6.45, 7) is 2.79. The van der Waals surface area contributed by atoms with Crippen LogP contribution in [-0.4, -0.2) is 29.9 Å². The number of carbonyl (C=O) groups excluding carboxylic acids is 1. The molecule has 1 N–H and O–H groups in total. The van der Waals surface area contributed by atoms with E-state index in [1.165, 1.54) is 0 Å². The van der Waals surface area contributed by atoms with Gasteiger partial charge in [-0.15, -0.1) is 0 Å². The summed E-state index contributed by atoms with van der Waals surface area (Å²) in [5.41, 5.74) is 2.53. The molecule has 0 bridgehead atoms. The van der Waals surface area contributed by atoms with Gasteiger partial charge in [-0.05, 0) is 49.7 Å². The number of rotatable bonds is 4. The molecule has 136 valence electrons. The summed E-state index contributed by atoms with van der Waals surface area (Å²) in [5.74, 6) is 0.832. The fraction of sp³-hybridized carbons (Fsp3) is 0.350. The molecule has 2 aliphatic rings. The lowest BCUT2D eigenvalue weighted by Crippen LogP contribution is -2.46. The van der Waals surface area contributed by atoms with Crippen LogP contribution in [0.25, 0.3) is 0 Å². The van der Waals surface area contributed by atoms with Crippen molar-refractivity contribution in [3.8, 4) is 5.75 Å². The predicted molar refractivity (Wildman–Crippen MR) is 103 cm³/mol. The summed E-state index contributed by atoms with van der Waals surface area (Å²) in [6, 6.07) is 11.2. The monoisotopic (exact) mass is 390 g/mol. The van der Waals surface area contributed by atoms with E-state index >= 15 is 0 Å². The number of nitrogens with one attached hydrogen (secondary N) is 1. The molecule has 2 aliphatic heterocycles. The van der Waals surface area contributed by atoms with Crippen molar-refractivity contribution in [1.29, 1.82) is 0 Å². The first-order valence-corrected chi connectivity index (χ1v) is 9.59. The summed E-state index contributed by atoms with van der Waals surface area (Å²) in [7, 11) is 0. The van der Waals surface area contributed by atoms with Crippen LogP contribution in [0.2, 0.25) is 10.0 Å². The van der Waals surface area contributed by atoms with Crippen LogP contribution in [-0.2, 0) is 13.2 Å². The van der Waals surface area contributed by atoms with Crippen molar-refractivity contribution in [2.45, 2.75) is 32.0 Å². The van der Waals surface area contributed by atoms with Crippen molar-refractivity contribution in [2.75, 3.05) is 13.1 Å². The summed E-state index contributed by atoms with van der Waals surface area (Å²) < 4.78 is 6.02. The van der Waals surface area contributed by atoms with Crippen LogP contribution < -0.4 is 10.1 Å². The Morgan fingerprint density at radius 2 is 2.12 bits per heavy atom. The van der Waals surface area contributed by atoms with Gasteiger partial charge in [0.2, 0.25) is 0 Å². The topological polar surface area (TPSA) is 41.6 Å². The van der Waals surface area contributed by atoms with E-state index in [0.29, 0.717) is 23.2 Å². The van der Waals surface area contributed by atoms with Gasteiger partial charge >= 0.3 is 0 Å². The first-order valence-electron chi connectivity index (χ1n) is 8.84. The fourth-order valence-electron chi connectivity index (χ4n) is 3.66. The number of hydrogen-bond acceptors (Lipinski definition) is 3. The highest BCUT2D eigenvalue weighted by Gasteiger charge is 2.35. The number of nitrogens with zero attached hydrogens (tertiary/aromatic N) is 1. The normalized spacial score (nSPS) is 19.5. The van der Waals surface area contributed by atoms with Crippen molar-refractivity contribution < 1.29 is 9.53 Å². The van der Waals surface area contributed by atoms with Gasteiger partial charge in [-0.25, -0.2) is 0 Å². The molecule has 4 rings (SSSR count). The largest absolute Gasteiger partial charge is 0.488 e. The third kappa shape index (κ3) is 3.41. The van der Waals surface area contributed by atoms with E-state index in [9.17, 15) is 4.79 Å². The van der Waals surface area contributed by atoms with Crippen LogP contribution in [0.15, 0.2) is 36.4 Å². The summed E-state index contributed by atoms with van der Waals surface area (Å²) >= 11 is 12.3. The number of halogens is 2. The Kier molecular flexibility index (Phi) is 5.07. The predicted octanol–water partition coefficient (Wildman–Crippen LogP) is 4.28. The van der Waals surface area contributed by atoms with Crippen molar-refractivity contribution in [3.05, 3.63) is 63.1 Å². The SMILES string of the molecule is O=C1c2cccc(OCc3cc(Cl)ccc3Cl)c2CN1C1CCCNC1. The van der Waals surface area contributed by atoms with Crippen molar-refractivity contribution in [3.63, 3.8) is 0 Å². The Morgan fingerprint density at radius 3 is 2.92 bits per heavy atom. The number of benzene rings is 2. The Morgan fingerprint density at radius 1 is 1.23 bits per heavy atom. The van der Waals surface area contributed by atoms with E-state index in [2.05, 4.69) is 5.32 Å². The van der Waals surface area contributed by atoms with Gasteiger partial charge in [0.25, 0.3) is 5.91 Å². The maximum atomic E-state index is 12.8. The molecule has 1 amide bonds. The smallest absolute Gasteiger partial charge is 0.254 e. The lowest BCUT2D eigenvalue weighted by Gasteiger charge is -2.31. The molecule has 1 fully saturated rings. The molecule has 0 spiro atoms. The molecule has 1 unspecified atom stereocenters. The van der Waals surface area contributed by atoms with Crippen LogP contribution in [0.3, 0.4) is 0 Å². The van der Waals surface area contributed by atoms with Gasteiger partial charge in [0.1, 0.15) is 12.4 Å². The minimum Gasteiger partial charge on any atom is -0.488 e. The van der Waals surface area contributed by atoms with Crippen LogP contribution in [0, 0.1) is 0 Å². The first kappa shape index (κ1) is 17.7. The van der Waals surface area contributed by atoms with Crippen molar-refractivity contribution in [2.24, 2.45) is 0 Å². The number of hydrogen-bond donors (Lipinski definition) is 1. The van der Waals surface area contributed by atoms with Gasteiger partial charge in [0.05, 0.1) is 6.54 Å². The van der Waals surface area contributed by atoms with E-state index in [1.54, 1.807) is 18.2 Å². The molecule has 4 nitrogen and oxygen atoms in total. The highest BCUT2D eigenvalue weighted by Crippen LogP contribution is 2.34. The molecular weight excluding hydrogens is 371 g/mol. The zero-order chi connectivity index (χ0) is 18.1. The molecule has 1 atom stereocenters. The number of amides is 1. The van der Waals surface area contributed by atoms with Gasteiger partial charge < -0.3 is 15.0 Å². The number of ether oxygens (including phenoxy) is 1. The van der Waals surface area contributed by atoms with Crippen LogP contribution in [0.5, 0.6) is 5.75 Å². The maximum absolute atomic E-state index is 12.8. The van der Waals surface area contributed by atoms with Crippen LogP contribution in [0.1, 0.15) is 34.3 Å². The molecule has 26 heavy (non-hydrogen) atoms. The molecular formula is C20H20Cl2N2O2. The quantitative estimate of drug-likeness (QED) is 0.846. The van der Waals surface area contributed by atoms with Crippen LogP contribution >= 0.6 is 23.2 Å². The minimum absolute atomic E-state index is 0.0972. The van der Waals surface area contributed by atoms with Gasteiger partial charge in [0.15, 0.2) is 0 Å². The second-order valence-electron chi connectivity index (χ2n) is 6.74. The van der Waals surface area contributed by atoms with Gasteiger partial charge in [-0.2, -0.15) is 0 Å². The van der Waals surface area contributed by atoms with E-state index in [4.69, 9.17) is 27.9 Å². The lowest BCUT2D eigenvalue weighted by molar-refractivity contribution is 0.0674. The second kappa shape index (κ2) is 7.47. The highest BCUT2D eigenvalue weighted by molar-refractivity contribution is 6.33. The van der Waals surface area contributed by atoms with E-state index in [1.807, 2.05) is 23.1 Å². The zero-order valence-corrected chi connectivity index (χ0v) is 15.8. The van der Waals surface area contributed by atoms with E-state index in [-0.39, 0.29) is 11.9 Å². The second-order valence-corrected chi connectivity index (χ2v) is 7.58. The molecule has 0 saturated carbocycles. The third-order valence-corrected chi connectivity index (χ3v) is 5.66. The number of fused-ring (bicyclic) bond motifs is 1. The van der Waals surface area contributed by atoms with Crippen molar-refractivity contribution in [1.82, 2.24) is 10.2 Å². The third-order valence-electron chi connectivity index (χ3n) is 5.06. The van der Waals surface area contributed by atoms with Gasteiger partial charge in [0, 0.05) is 39.3 Å². The lowest BCUT2D eigenvalue weighted by atomic mass is 10.1. The number of piperidine rings is 1. The average molecular weight is 391 g/mol. The Balaban J connectivity index is 1.54. The van der Waals surface area contributed by atoms with E-state index in [0.717, 1.165) is 48.4 Å². The maximum Gasteiger partial charge on any atom is 0.254 e. The summed E-state index contributed by atoms with van der Waals surface area (Å²) in [4.78, 5) is 14.8. The van der Waals surface area contributed by atoms with Crippen LogP contribution in [0.4, 0.5) is 0 Å². The Hall–Kier alpha value is -1.75. The highest BCUT2D eigenvalue weighted by atomic mass is 35.5. The molecule has 2 heterocycles. The molecule has 6 heteroatoms. The first-order chi connectivity index (χ1) is 12.6. The van der Waals surface area contributed by atoms with E-state index < -0.39 is 0 Å². The molecule has 2 aromatic rings. The minimum atomic E-state index is 0.0972. The molecule has 1 saturated heterocycles. The summed E-state index contributed by atoms with van der Waals surface area (Å²) in [5, 5.41) is 4.62. The molecule has 0 radical (unpaired) electrons. The van der Waals surface area contributed by atoms with Gasteiger partial charge in [-0.1, -0.05) is 29.3 Å². The zero-order valence-electron chi connectivity index (χ0n) is 14.3. The Labute approximate surface area is 163 Å². The number of carbonyl (C=O) groups is 1. The average Bonchev–Trinajstić information content (AvgIpc) is 3.01. The molecule has 2 aromatic carbocycles. The standard InChI is InChI=1S/C20H20Cl2N2O2/c21-14-6-7-18(22)13(9-14)12-26-19-5-1-4-16-17(19)11-24(20(16)25)15-3-2-8-23-10-15/h1,4-7,9,15,23H,2-3,8,10-12H2. The van der Waals surface area contributed by atoms with Gasteiger partial charge in [-0.3, -0.25) is 4.79 Å².